The summed E-state index contributed by atoms with van der Waals surface area (Å²) in [4.78, 5) is 45.1. The number of carbonyl (C=O) groups excluding carboxylic acids is 2. The smallest absolute Gasteiger partial charge is 0.268 e. The number of carbonyl (C=O) groups is 2. The molecule has 0 aliphatic carbocycles. The van der Waals surface area contributed by atoms with E-state index in [9.17, 15) is 9.59 Å². The minimum absolute atomic E-state index is 0.205. The van der Waals surface area contributed by atoms with Crippen molar-refractivity contribution in [3.63, 3.8) is 0 Å². The topological polar surface area (TPSA) is 199 Å². The Kier molecular flexibility index (Phi) is 8.53. The van der Waals surface area contributed by atoms with Gasteiger partial charge in [-0.05, 0) is 62.2 Å². The van der Waals surface area contributed by atoms with Gasteiger partial charge >= 0.3 is 0 Å². The lowest BCUT2D eigenvalue weighted by Crippen LogP contribution is -2.23. The minimum Gasteiger partial charge on any atom is -0.369 e. The Balaban J connectivity index is 1.41. The number of rotatable bonds is 10. The molecule has 38 heavy (non-hydrogen) atoms. The number of aromatic nitrogens is 6. The number of halogens is 2. The number of H-pyrrole nitrogens is 4. The zero-order chi connectivity index (χ0) is 27.2. The van der Waals surface area contributed by atoms with Gasteiger partial charge in [-0.2, -0.15) is 0 Å². The number of hydrogen-bond acceptors (Lipinski definition) is 6. The van der Waals surface area contributed by atoms with Gasteiger partial charge in [-0.1, -0.05) is 19.1 Å². The van der Waals surface area contributed by atoms with Gasteiger partial charge in [0.2, 0.25) is 0 Å². The van der Waals surface area contributed by atoms with Crippen LogP contribution in [-0.4, -0.2) is 54.8 Å². The molecule has 198 valence electrons. The minimum atomic E-state index is -0.246. The van der Waals surface area contributed by atoms with Crippen molar-refractivity contribution in [3.8, 4) is 0 Å². The van der Waals surface area contributed by atoms with E-state index in [-0.39, 0.29) is 36.2 Å². The van der Waals surface area contributed by atoms with Crippen LogP contribution in [0.3, 0.4) is 0 Å². The maximum absolute atomic E-state index is 12.3. The molecule has 0 spiro atoms. The van der Waals surface area contributed by atoms with E-state index < -0.39 is 0 Å². The molecule has 1 atom stereocenters. The molecule has 10 N–H and O–H groups in total. The van der Waals surface area contributed by atoms with E-state index >= 15 is 0 Å². The summed E-state index contributed by atoms with van der Waals surface area (Å²) in [6, 6.07) is 5.15. The molecule has 4 rings (SSSR count). The number of imidazole rings is 2. The molecule has 0 aliphatic heterocycles. The summed E-state index contributed by atoms with van der Waals surface area (Å²) in [5, 5.41) is 5.61. The van der Waals surface area contributed by atoms with E-state index in [0.29, 0.717) is 33.9 Å². The zero-order valence-electron chi connectivity index (χ0n) is 20.2. The van der Waals surface area contributed by atoms with Crippen molar-refractivity contribution in [3.05, 3.63) is 79.8 Å². The summed E-state index contributed by atoms with van der Waals surface area (Å²) in [5.41, 5.74) is 15.6. The van der Waals surface area contributed by atoms with Gasteiger partial charge in [0.15, 0.2) is 11.9 Å². The van der Waals surface area contributed by atoms with Gasteiger partial charge in [0.1, 0.15) is 11.4 Å². The van der Waals surface area contributed by atoms with E-state index in [0.717, 1.165) is 15.9 Å². The first-order valence-electron chi connectivity index (χ1n) is 11.5. The Morgan fingerprint density at radius 1 is 0.947 bits per heavy atom. The Labute approximate surface area is 234 Å². The molecule has 0 aromatic carbocycles. The Morgan fingerprint density at radius 2 is 1.50 bits per heavy atom. The van der Waals surface area contributed by atoms with Gasteiger partial charge < -0.3 is 42.0 Å². The molecule has 1 unspecified atom stereocenters. The fraction of sp³-hybridized carbons (Fsp3) is 0.167. The van der Waals surface area contributed by atoms with Crippen LogP contribution in [0.1, 0.15) is 56.6 Å². The summed E-state index contributed by atoms with van der Waals surface area (Å²) in [5.74, 6) is -0.153. The maximum atomic E-state index is 12.3. The first-order valence-corrected chi connectivity index (χ1v) is 13.1. The standard InChI is InChI=1S/C24H26Br2N10O2/c1-12(18-14(33-23(27)35-18)5-2-9-30-21(37)16-7-4-8-29-16)19-15(34-24(28)36-19)6-3-10-31-22(38)17-11-13(25)20(26)32-17/h2-8,11-12,29,32H,9-10H2,1H3,(H,30,37)(H,31,38)(H3,27,33,35)(H3,28,34,36)/b5-2+,6-3+. The van der Waals surface area contributed by atoms with Crippen LogP contribution in [0.5, 0.6) is 0 Å². The number of anilines is 2. The van der Waals surface area contributed by atoms with E-state index in [2.05, 4.69) is 72.4 Å². The van der Waals surface area contributed by atoms with Gasteiger partial charge in [-0.25, -0.2) is 9.97 Å². The lowest BCUT2D eigenvalue weighted by Gasteiger charge is -2.10. The molecule has 0 bridgehead atoms. The van der Waals surface area contributed by atoms with Crippen LogP contribution < -0.4 is 22.1 Å². The molecule has 4 aromatic heterocycles. The highest BCUT2D eigenvalue weighted by Crippen LogP contribution is 2.29. The lowest BCUT2D eigenvalue weighted by molar-refractivity contribution is 0.0945. The van der Waals surface area contributed by atoms with Crippen LogP contribution in [0.2, 0.25) is 0 Å². The maximum Gasteiger partial charge on any atom is 0.268 e. The summed E-state index contributed by atoms with van der Waals surface area (Å²) >= 11 is 6.66. The number of hydrogen-bond donors (Lipinski definition) is 8. The quantitative estimate of drug-likeness (QED) is 0.130. The fourth-order valence-corrected chi connectivity index (χ4v) is 4.39. The van der Waals surface area contributed by atoms with Crippen molar-refractivity contribution < 1.29 is 9.59 Å². The van der Waals surface area contributed by atoms with Crippen LogP contribution >= 0.6 is 31.9 Å². The van der Waals surface area contributed by atoms with Crippen molar-refractivity contribution in [2.24, 2.45) is 0 Å². The zero-order valence-corrected chi connectivity index (χ0v) is 23.4. The number of nitrogens with zero attached hydrogens (tertiary/aromatic N) is 2. The number of aromatic amines is 4. The van der Waals surface area contributed by atoms with Gasteiger partial charge in [0.05, 0.1) is 31.9 Å². The SMILES string of the molecule is CC(c1[nH]c(N)nc1/C=C/CNC(=O)c1ccc[nH]1)c1[nH]c(N)nc1/C=C/CNC(=O)c1cc(Br)c(Br)[nH]1. The summed E-state index contributed by atoms with van der Waals surface area (Å²) in [7, 11) is 0. The predicted octanol–water partition coefficient (Wildman–Crippen LogP) is 3.52. The molecule has 12 nitrogen and oxygen atoms in total. The Morgan fingerprint density at radius 3 is 1.97 bits per heavy atom. The van der Waals surface area contributed by atoms with Gasteiger partial charge in [-0.15, -0.1) is 0 Å². The Bertz CT molecular complexity index is 1460. The highest BCUT2D eigenvalue weighted by atomic mass is 79.9. The monoisotopic (exact) mass is 644 g/mol. The molecule has 14 heteroatoms. The van der Waals surface area contributed by atoms with Gasteiger partial charge in [0.25, 0.3) is 11.8 Å². The molecule has 0 aliphatic rings. The number of nitrogens with one attached hydrogen (secondary N) is 6. The summed E-state index contributed by atoms with van der Waals surface area (Å²) < 4.78 is 1.46. The molecule has 4 heterocycles. The first-order chi connectivity index (χ1) is 18.2. The molecular weight excluding hydrogens is 620 g/mol. The van der Waals surface area contributed by atoms with Crippen LogP contribution in [0.15, 0.2) is 45.6 Å². The van der Waals surface area contributed by atoms with E-state index in [1.54, 1.807) is 48.7 Å². The van der Waals surface area contributed by atoms with Crippen LogP contribution in [-0.2, 0) is 0 Å². The molecule has 4 aromatic rings. The highest BCUT2D eigenvalue weighted by Gasteiger charge is 2.21. The summed E-state index contributed by atoms with van der Waals surface area (Å²) in [6.07, 6.45) is 8.83. The molecule has 2 amide bonds. The van der Waals surface area contributed by atoms with Crippen LogP contribution in [0.4, 0.5) is 11.9 Å². The predicted molar refractivity (Wildman–Crippen MR) is 153 cm³/mol. The number of amides is 2. The fourth-order valence-electron chi connectivity index (χ4n) is 3.73. The normalized spacial score (nSPS) is 12.4. The molecule has 0 saturated carbocycles. The third kappa shape index (κ3) is 6.44. The number of nitrogens with two attached hydrogens (primary N) is 2. The molecule has 0 fully saturated rings. The second-order valence-corrected chi connectivity index (χ2v) is 9.86. The lowest BCUT2D eigenvalue weighted by atomic mass is 10.00. The second-order valence-electron chi connectivity index (χ2n) is 8.22. The third-order valence-corrected chi connectivity index (χ3v) is 7.33. The summed E-state index contributed by atoms with van der Waals surface area (Å²) in [6.45, 7) is 2.56. The third-order valence-electron chi connectivity index (χ3n) is 5.55. The largest absolute Gasteiger partial charge is 0.369 e. The van der Waals surface area contributed by atoms with E-state index in [1.807, 2.05) is 6.92 Å². The highest BCUT2D eigenvalue weighted by molar-refractivity contribution is 9.13. The number of nitrogen functional groups attached to an aromatic ring is 2. The van der Waals surface area contributed by atoms with Crippen molar-refractivity contribution >= 4 is 67.7 Å². The average molecular weight is 646 g/mol. The van der Waals surface area contributed by atoms with E-state index in [4.69, 9.17) is 11.5 Å². The van der Waals surface area contributed by atoms with E-state index in [1.165, 1.54) is 0 Å². The van der Waals surface area contributed by atoms with Crippen LogP contribution in [0.25, 0.3) is 12.2 Å². The first kappa shape index (κ1) is 27.0. The molecule has 0 saturated heterocycles. The second kappa shape index (κ2) is 12.0. The van der Waals surface area contributed by atoms with Crippen molar-refractivity contribution in [2.75, 3.05) is 24.6 Å². The van der Waals surface area contributed by atoms with Gasteiger partial charge in [-0.3, -0.25) is 9.59 Å². The molecule has 0 radical (unpaired) electrons. The van der Waals surface area contributed by atoms with Crippen molar-refractivity contribution in [2.45, 2.75) is 12.8 Å². The average Bonchev–Trinajstić information content (AvgIpc) is 3.67. The van der Waals surface area contributed by atoms with Gasteiger partial charge in [0, 0.05) is 25.2 Å². The molecular formula is C24H26Br2N10O2. The Hall–Kier alpha value is -4.04. The van der Waals surface area contributed by atoms with Crippen molar-refractivity contribution in [1.82, 2.24) is 40.5 Å². The van der Waals surface area contributed by atoms with Crippen LogP contribution in [0, 0.1) is 0 Å². The van der Waals surface area contributed by atoms with Crippen molar-refractivity contribution in [1.29, 1.82) is 0 Å².